The summed E-state index contributed by atoms with van der Waals surface area (Å²) >= 11 is 1.56. The molecular formula is C21H22N4O3S. The SMILES string of the molecule is CC(=O)c1ccc(N2CCN(C(=O)CCc3nc(-c4cccs4)no3)CC2)cc1. The Kier molecular flexibility index (Phi) is 5.71. The number of hydrogen-bond donors (Lipinski definition) is 0. The van der Waals surface area contributed by atoms with E-state index in [2.05, 4.69) is 15.0 Å². The molecule has 1 aromatic carbocycles. The van der Waals surface area contributed by atoms with Gasteiger partial charge >= 0.3 is 0 Å². The second-order valence-electron chi connectivity index (χ2n) is 6.96. The van der Waals surface area contributed by atoms with Crippen LogP contribution >= 0.6 is 11.3 Å². The summed E-state index contributed by atoms with van der Waals surface area (Å²) in [6.45, 7) is 4.47. The molecule has 0 atom stereocenters. The zero-order valence-corrected chi connectivity index (χ0v) is 17.0. The molecule has 0 unspecified atom stereocenters. The van der Waals surface area contributed by atoms with E-state index in [4.69, 9.17) is 4.52 Å². The van der Waals surface area contributed by atoms with Gasteiger partial charge in [-0.3, -0.25) is 9.59 Å². The Morgan fingerprint density at radius 1 is 1.10 bits per heavy atom. The van der Waals surface area contributed by atoms with Crippen molar-refractivity contribution in [2.45, 2.75) is 19.8 Å². The second kappa shape index (κ2) is 8.57. The Balaban J connectivity index is 1.26. The van der Waals surface area contributed by atoms with E-state index in [0.29, 0.717) is 43.2 Å². The predicted molar refractivity (Wildman–Crippen MR) is 111 cm³/mol. The van der Waals surface area contributed by atoms with Gasteiger partial charge in [-0.2, -0.15) is 4.98 Å². The lowest BCUT2D eigenvalue weighted by Crippen LogP contribution is -2.48. The van der Waals surface area contributed by atoms with Crippen molar-refractivity contribution in [1.29, 1.82) is 0 Å². The first-order valence-electron chi connectivity index (χ1n) is 9.60. The first-order valence-corrected chi connectivity index (χ1v) is 10.5. The minimum absolute atomic E-state index is 0.0655. The molecule has 4 rings (SSSR count). The molecule has 7 nitrogen and oxygen atoms in total. The number of thiophene rings is 1. The first-order chi connectivity index (χ1) is 14.1. The number of carbonyl (C=O) groups excluding carboxylic acids is 2. The Bertz CT molecular complexity index is 974. The van der Waals surface area contributed by atoms with Crippen LogP contribution in [-0.2, 0) is 11.2 Å². The largest absolute Gasteiger partial charge is 0.368 e. The molecule has 1 fully saturated rings. The van der Waals surface area contributed by atoms with Crippen LogP contribution in [0.1, 0.15) is 29.6 Å². The van der Waals surface area contributed by atoms with Crippen LogP contribution in [0.3, 0.4) is 0 Å². The van der Waals surface area contributed by atoms with Gasteiger partial charge in [-0.1, -0.05) is 11.2 Å². The third kappa shape index (κ3) is 4.54. The number of benzene rings is 1. The standard InChI is InChI=1S/C21H22N4O3S/c1-15(26)16-4-6-17(7-5-16)24-10-12-25(13-11-24)20(27)9-8-19-22-21(23-28-19)18-3-2-14-29-18/h2-7,14H,8-13H2,1H3. The van der Waals surface area contributed by atoms with Crippen molar-refractivity contribution >= 4 is 28.7 Å². The molecule has 2 aromatic heterocycles. The van der Waals surface area contributed by atoms with Gasteiger partial charge in [-0.05, 0) is 42.6 Å². The Hall–Kier alpha value is -3.00. The topological polar surface area (TPSA) is 79.5 Å². The number of carbonyl (C=O) groups is 2. The molecule has 1 aliphatic heterocycles. The van der Waals surface area contributed by atoms with Crippen molar-refractivity contribution in [3.63, 3.8) is 0 Å². The highest BCUT2D eigenvalue weighted by molar-refractivity contribution is 7.13. The van der Waals surface area contributed by atoms with Gasteiger partial charge in [-0.25, -0.2) is 0 Å². The van der Waals surface area contributed by atoms with Crippen molar-refractivity contribution in [2.24, 2.45) is 0 Å². The molecule has 1 amide bonds. The number of aryl methyl sites for hydroxylation is 1. The molecule has 29 heavy (non-hydrogen) atoms. The number of anilines is 1. The van der Waals surface area contributed by atoms with Crippen molar-refractivity contribution in [3.8, 4) is 10.7 Å². The fraction of sp³-hybridized carbons (Fsp3) is 0.333. The Morgan fingerprint density at radius 3 is 2.52 bits per heavy atom. The van der Waals surface area contributed by atoms with Crippen LogP contribution in [0.2, 0.25) is 0 Å². The summed E-state index contributed by atoms with van der Waals surface area (Å²) in [5.41, 5.74) is 1.79. The van der Waals surface area contributed by atoms with Gasteiger partial charge in [0.15, 0.2) is 5.78 Å². The lowest BCUT2D eigenvalue weighted by Gasteiger charge is -2.36. The smallest absolute Gasteiger partial charge is 0.227 e. The highest BCUT2D eigenvalue weighted by Crippen LogP contribution is 2.22. The minimum atomic E-state index is 0.0655. The summed E-state index contributed by atoms with van der Waals surface area (Å²) in [6, 6.07) is 11.5. The normalized spacial score (nSPS) is 14.2. The summed E-state index contributed by atoms with van der Waals surface area (Å²) in [5.74, 6) is 1.24. The molecule has 1 aliphatic rings. The Labute approximate surface area is 172 Å². The molecule has 0 saturated carbocycles. The van der Waals surface area contributed by atoms with Crippen molar-refractivity contribution in [2.75, 3.05) is 31.1 Å². The van der Waals surface area contributed by atoms with Crippen molar-refractivity contribution < 1.29 is 14.1 Å². The van der Waals surface area contributed by atoms with Gasteiger partial charge in [0.05, 0.1) is 4.88 Å². The maximum atomic E-state index is 12.6. The maximum absolute atomic E-state index is 12.6. The van der Waals surface area contributed by atoms with E-state index in [1.54, 1.807) is 18.3 Å². The number of nitrogens with zero attached hydrogens (tertiary/aromatic N) is 4. The fourth-order valence-corrected chi connectivity index (χ4v) is 4.00. The second-order valence-corrected chi connectivity index (χ2v) is 7.91. The number of amides is 1. The molecule has 3 aromatic rings. The summed E-state index contributed by atoms with van der Waals surface area (Å²) in [6.07, 6.45) is 0.809. The van der Waals surface area contributed by atoms with Crippen LogP contribution in [0.25, 0.3) is 10.7 Å². The monoisotopic (exact) mass is 410 g/mol. The highest BCUT2D eigenvalue weighted by atomic mass is 32.1. The van der Waals surface area contributed by atoms with Crippen molar-refractivity contribution in [1.82, 2.24) is 15.0 Å². The van der Waals surface area contributed by atoms with Crippen LogP contribution in [0.5, 0.6) is 0 Å². The number of piperazine rings is 1. The zero-order valence-electron chi connectivity index (χ0n) is 16.2. The summed E-state index contributed by atoms with van der Waals surface area (Å²) in [5, 5.41) is 5.95. The lowest BCUT2D eigenvalue weighted by molar-refractivity contribution is -0.131. The van der Waals surface area contributed by atoms with Crippen LogP contribution in [0, 0.1) is 0 Å². The molecule has 150 valence electrons. The predicted octanol–water partition coefficient (Wildman–Crippen LogP) is 3.28. The van der Waals surface area contributed by atoms with E-state index in [1.165, 1.54) is 0 Å². The fourth-order valence-electron chi connectivity index (χ4n) is 3.36. The number of Topliss-reactive ketones (excluding diaryl/α,β-unsaturated/α-hetero) is 1. The van der Waals surface area contributed by atoms with E-state index in [1.807, 2.05) is 46.7 Å². The van der Waals surface area contributed by atoms with Crippen molar-refractivity contribution in [3.05, 3.63) is 53.2 Å². The average Bonchev–Trinajstić information content (AvgIpc) is 3.44. The molecule has 0 aliphatic carbocycles. The third-order valence-electron chi connectivity index (χ3n) is 5.03. The lowest BCUT2D eigenvalue weighted by atomic mass is 10.1. The molecule has 0 spiro atoms. The summed E-state index contributed by atoms with van der Waals surface area (Å²) in [7, 11) is 0. The van der Waals surface area contributed by atoms with E-state index >= 15 is 0 Å². The molecule has 8 heteroatoms. The van der Waals surface area contributed by atoms with Gasteiger partial charge in [0, 0.05) is 50.3 Å². The van der Waals surface area contributed by atoms with E-state index in [9.17, 15) is 9.59 Å². The molecule has 0 bridgehead atoms. The molecule has 0 radical (unpaired) electrons. The van der Waals surface area contributed by atoms with Crippen LogP contribution in [0.4, 0.5) is 5.69 Å². The van der Waals surface area contributed by atoms with Gasteiger partial charge in [0.25, 0.3) is 0 Å². The first kappa shape index (κ1) is 19.3. The highest BCUT2D eigenvalue weighted by Gasteiger charge is 2.22. The van der Waals surface area contributed by atoms with Gasteiger partial charge in [0.1, 0.15) is 0 Å². The Morgan fingerprint density at radius 2 is 1.86 bits per heavy atom. The third-order valence-corrected chi connectivity index (χ3v) is 5.90. The van der Waals surface area contributed by atoms with Gasteiger partial charge in [0.2, 0.25) is 17.6 Å². The number of aromatic nitrogens is 2. The van der Waals surface area contributed by atoms with E-state index < -0.39 is 0 Å². The summed E-state index contributed by atoms with van der Waals surface area (Å²) < 4.78 is 5.27. The summed E-state index contributed by atoms with van der Waals surface area (Å²) in [4.78, 5) is 33.4. The van der Waals surface area contributed by atoms with E-state index in [-0.39, 0.29) is 11.7 Å². The van der Waals surface area contributed by atoms with Crippen LogP contribution < -0.4 is 4.90 Å². The molecular weight excluding hydrogens is 388 g/mol. The molecule has 0 N–H and O–H groups in total. The maximum Gasteiger partial charge on any atom is 0.227 e. The minimum Gasteiger partial charge on any atom is -0.368 e. The van der Waals surface area contributed by atoms with Crippen LogP contribution in [-0.4, -0.2) is 52.9 Å². The van der Waals surface area contributed by atoms with Gasteiger partial charge in [-0.15, -0.1) is 11.3 Å². The quantitative estimate of drug-likeness (QED) is 0.580. The van der Waals surface area contributed by atoms with E-state index in [0.717, 1.165) is 23.7 Å². The zero-order chi connectivity index (χ0) is 20.2. The number of hydrogen-bond acceptors (Lipinski definition) is 7. The number of ketones is 1. The molecule has 1 saturated heterocycles. The number of rotatable bonds is 6. The average molecular weight is 410 g/mol. The van der Waals surface area contributed by atoms with Gasteiger partial charge < -0.3 is 14.3 Å². The van der Waals surface area contributed by atoms with Crippen LogP contribution in [0.15, 0.2) is 46.3 Å². The molecule has 3 heterocycles.